The first-order chi connectivity index (χ1) is 9.85. The molecule has 0 saturated heterocycles. The molecule has 0 amide bonds. The van der Waals surface area contributed by atoms with E-state index < -0.39 is 26.3 Å². The molecule has 0 atom stereocenters. The van der Waals surface area contributed by atoms with Gasteiger partial charge >= 0.3 is 0 Å². The number of hydrogen-bond donors (Lipinski definition) is 1. The smallest absolute Gasteiger partial charge is 0.263 e. The summed E-state index contributed by atoms with van der Waals surface area (Å²) in [4.78, 5) is -0.424. The molecular weight excluding hydrogens is 383 g/mol. The maximum atomic E-state index is 13.5. The third kappa shape index (κ3) is 3.35. The summed E-state index contributed by atoms with van der Waals surface area (Å²) in [6, 6.07) is 9.43. The zero-order valence-electron chi connectivity index (χ0n) is 10.3. The molecule has 108 valence electrons. The van der Waals surface area contributed by atoms with E-state index in [0.29, 0.717) is 9.50 Å². The first kappa shape index (κ1) is 15.8. The summed E-state index contributed by atoms with van der Waals surface area (Å²) in [5.41, 5.74) is -0.303. The lowest BCUT2D eigenvalue weighted by Gasteiger charge is -2.11. The highest BCUT2D eigenvalue weighted by Gasteiger charge is 2.22. The Morgan fingerprint density at radius 1 is 1.29 bits per heavy atom. The number of nitrogens with one attached hydrogen (secondary N) is 1. The first-order valence-corrected chi connectivity index (χ1v) is 8.17. The van der Waals surface area contributed by atoms with Gasteiger partial charge in [-0.1, -0.05) is 17.7 Å². The van der Waals surface area contributed by atoms with Crippen molar-refractivity contribution >= 4 is 43.2 Å². The Morgan fingerprint density at radius 2 is 2.00 bits per heavy atom. The molecule has 0 fully saturated rings. The molecule has 8 heteroatoms. The van der Waals surface area contributed by atoms with Crippen LogP contribution in [0.3, 0.4) is 0 Å². The highest BCUT2D eigenvalue weighted by Crippen LogP contribution is 2.29. The van der Waals surface area contributed by atoms with Crippen molar-refractivity contribution in [2.45, 2.75) is 4.90 Å². The van der Waals surface area contributed by atoms with Crippen LogP contribution in [0.5, 0.6) is 0 Å². The van der Waals surface area contributed by atoms with Gasteiger partial charge in [-0.25, -0.2) is 12.8 Å². The van der Waals surface area contributed by atoms with Gasteiger partial charge < -0.3 is 0 Å². The van der Waals surface area contributed by atoms with E-state index in [0.717, 1.165) is 12.1 Å². The molecule has 0 aliphatic heterocycles. The van der Waals surface area contributed by atoms with Gasteiger partial charge in [-0.15, -0.1) is 0 Å². The van der Waals surface area contributed by atoms with E-state index in [-0.39, 0.29) is 5.69 Å². The Labute approximate surface area is 134 Å². The number of nitrogens with zero attached hydrogens (tertiary/aromatic N) is 1. The fourth-order valence-electron chi connectivity index (χ4n) is 1.61. The average molecular weight is 390 g/mol. The molecule has 0 unspecified atom stereocenters. The molecule has 21 heavy (non-hydrogen) atoms. The van der Waals surface area contributed by atoms with Crippen molar-refractivity contribution in [2.75, 3.05) is 4.72 Å². The van der Waals surface area contributed by atoms with Crippen molar-refractivity contribution in [2.24, 2.45) is 0 Å². The van der Waals surface area contributed by atoms with E-state index in [2.05, 4.69) is 20.7 Å². The van der Waals surface area contributed by atoms with Crippen LogP contribution in [0.4, 0.5) is 10.1 Å². The van der Waals surface area contributed by atoms with E-state index in [1.807, 2.05) is 0 Å². The molecule has 4 nitrogen and oxygen atoms in total. The van der Waals surface area contributed by atoms with Gasteiger partial charge in [0.15, 0.2) is 0 Å². The second kappa shape index (κ2) is 6.02. The van der Waals surface area contributed by atoms with Crippen molar-refractivity contribution in [1.82, 2.24) is 0 Å². The van der Waals surface area contributed by atoms with Gasteiger partial charge in [0.1, 0.15) is 22.3 Å². The van der Waals surface area contributed by atoms with Crippen LogP contribution in [0.1, 0.15) is 5.56 Å². The second-order valence-corrected chi connectivity index (χ2v) is 6.90. The van der Waals surface area contributed by atoms with Crippen LogP contribution in [0.2, 0.25) is 5.02 Å². The summed E-state index contributed by atoms with van der Waals surface area (Å²) >= 11 is 8.95. The van der Waals surface area contributed by atoms with E-state index in [1.54, 1.807) is 6.07 Å². The lowest BCUT2D eigenvalue weighted by Crippen LogP contribution is -2.15. The number of anilines is 1. The van der Waals surface area contributed by atoms with Crippen molar-refractivity contribution < 1.29 is 12.8 Å². The third-order valence-electron chi connectivity index (χ3n) is 2.55. The normalized spacial score (nSPS) is 11.0. The molecule has 0 heterocycles. The summed E-state index contributed by atoms with van der Waals surface area (Å²) in [5, 5.41) is 9.34. The Bertz CT molecular complexity index is 850. The average Bonchev–Trinajstić information content (AvgIpc) is 2.41. The van der Waals surface area contributed by atoms with Gasteiger partial charge in [-0.05, 0) is 46.3 Å². The molecule has 2 rings (SSSR count). The number of sulfonamides is 1. The molecule has 0 spiro atoms. The highest BCUT2D eigenvalue weighted by molar-refractivity contribution is 9.10. The van der Waals surface area contributed by atoms with E-state index in [9.17, 15) is 12.8 Å². The van der Waals surface area contributed by atoms with Crippen LogP contribution >= 0.6 is 27.5 Å². The van der Waals surface area contributed by atoms with Crippen LogP contribution in [0.25, 0.3) is 0 Å². The Hall–Kier alpha value is -1.62. The van der Waals surface area contributed by atoms with Gasteiger partial charge in [-0.2, -0.15) is 5.26 Å². The standard InChI is InChI=1S/C13H7BrClFN2O2S/c14-10-6-8(15)4-5-12(10)18-21(19,20)13-3-1-2-11(16)9(13)7-17/h1-6,18H. The molecular formula is C13H7BrClFN2O2S. The Kier molecular flexibility index (Phi) is 4.52. The number of hydrogen-bond acceptors (Lipinski definition) is 3. The van der Waals surface area contributed by atoms with Crippen LogP contribution in [-0.2, 0) is 10.0 Å². The Morgan fingerprint density at radius 3 is 2.62 bits per heavy atom. The van der Waals surface area contributed by atoms with E-state index in [4.69, 9.17) is 16.9 Å². The van der Waals surface area contributed by atoms with Crippen molar-refractivity contribution in [1.29, 1.82) is 5.26 Å². The minimum Gasteiger partial charge on any atom is -0.278 e. The molecule has 0 radical (unpaired) electrons. The van der Waals surface area contributed by atoms with Gasteiger partial charge in [0, 0.05) is 9.50 Å². The van der Waals surface area contributed by atoms with E-state index >= 15 is 0 Å². The van der Waals surface area contributed by atoms with Crippen LogP contribution < -0.4 is 4.72 Å². The van der Waals surface area contributed by atoms with Gasteiger partial charge in [-0.3, -0.25) is 4.72 Å². The highest BCUT2D eigenvalue weighted by atomic mass is 79.9. The topological polar surface area (TPSA) is 70.0 Å². The maximum absolute atomic E-state index is 13.5. The summed E-state index contributed by atoms with van der Waals surface area (Å²) < 4.78 is 40.8. The summed E-state index contributed by atoms with van der Waals surface area (Å²) in [6.45, 7) is 0. The number of rotatable bonds is 3. The fourth-order valence-corrected chi connectivity index (χ4v) is 3.77. The molecule has 0 aliphatic rings. The molecule has 2 aromatic carbocycles. The van der Waals surface area contributed by atoms with Crippen LogP contribution in [0, 0.1) is 17.1 Å². The number of benzene rings is 2. The number of halogens is 3. The number of nitriles is 1. The van der Waals surface area contributed by atoms with Crippen LogP contribution in [-0.4, -0.2) is 8.42 Å². The first-order valence-electron chi connectivity index (χ1n) is 5.51. The van der Waals surface area contributed by atoms with E-state index in [1.165, 1.54) is 24.3 Å². The maximum Gasteiger partial charge on any atom is 0.263 e. The lowest BCUT2D eigenvalue weighted by molar-refractivity contribution is 0.593. The van der Waals surface area contributed by atoms with Gasteiger partial charge in [0.2, 0.25) is 0 Å². The largest absolute Gasteiger partial charge is 0.278 e. The monoisotopic (exact) mass is 388 g/mol. The minimum absolute atomic E-state index is 0.229. The summed E-state index contributed by atoms with van der Waals surface area (Å²) in [5.74, 6) is -0.893. The third-order valence-corrected chi connectivity index (χ3v) is 4.85. The molecule has 0 aliphatic carbocycles. The molecule has 0 bridgehead atoms. The van der Waals surface area contributed by atoms with Crippen molar-refractivity contribution in [3.8, 4) is 6.07 Å². The second-order valence-electron chi connectivity index (χ2n) is 3.95. The van der Waals surface area contributed by atoms with Crippen LogP contribution in [0.15, 0.2) is 45.8 Å². The SMILES string of the molecule is N#Cc1c(F)cccc1S(=O)(=O)Nc1ccc(Cl)cc1Br. The van der Waals surface area contributed by atoms with Gasteiger partial charge in [0.05, 0.1) is 5.69 Å². The van der Waals surface area contributed by atoms with Crippen molar-refractivity contribution in [3.05, 3.63) is 57.3 Å². The molecule has 2 aromatic rings. The van der Waals surface area contributed by atoms with Gasteiger partial charge in [0.25, 0.3) is 10.0 Å². The quantitative estimate of drug-likeness (QED) is 0.865. The zero-order chi connectivity index (χ0) is 15.6. The predicted octanol–water partition coefficient (Wildman–Crippen LogP) is 3.91. The molecule has 0 aromatic heterocycles. The Balaban J connectivity index is 2.49. The minimum atomic E-state index is -4.10. The fraction of sp³-hybridized carbons (Fsp3) is 0. The molecule has 0 saturated carbocycles. The molecule has 1 N–H and O–H groups in total. The lowest BCUT2D eigenvalue weighted by atomic mass is 10.2. The predicted molar refractivity (Wildman–Crippen MR) is 81.1 cm³/mol. The summed E-state index contributed by atoms with van der Waals surface area (Å²) in [7, 11) is -4.10. The van der Waals surface area contributed by atoms with Crippen molar-refractivity contribution in [3.63, 3.8) is 0 Å². The zero-order valence-corrected chi connectivity index (χ0v) is 13.4. The summed E-state index contributed by atoms with van der Waals surface area (Å²) in [6.07, 6.45) is 0.